The zero-order valence-corrected chi connectivity index (χ0v) is 11.2. The van der Waals surface area contributed by atoms with Crippen LogP contribution in [0, 0.1) is 11.2 Å². The van der Waals surface area contributed by atoms with Crippen molar-refractivity contribution in [2.75, 3.05) is 6.54 Å². The van der Waals surface area contributed by atoms with E-state index >= 15 is 0 Å². The second-order valence-electron chi connectivity index (χ2n) is 5.41. The molecule has 4 heteroatoms. The minimum absolute atomic E-state index is 0.0655. The van der Waals surface area contributed by atoms with Gasteiger partial charge in [-0.3, -0.25) is 0 Å². The number of benzene rings is 1. The normalized spacial score (nSPS) is 15.7. The lowest BCUT2D eigenvalue weighted by Crippen LogP contribution is -2.50. The Hall–Kier alpha value is -0.640. The van der Waals surface area contributed by atoms with E-state index in [-0.39, 0.29) is 17.0 Å². The lowest BCUT2D eigenvalue weighted by Gasteiger charge is -2.39. The first-order valence-corrected chi connectivity index (χ1v) is 5.94. The first kappa shape index (κ1) is 14.4. The van der Waals surface area contributed by atoms with Gasteiger partial charge in [-0.1, -0.05) is 38.4 Å². The van der Waals surface area contributed by atoms with Gasteiger partial charge >= 0.3 is 0 Å². The Labute approximate surface area is 107 Å². The zero-order valence-electron chi connectivity index (χ0n) is 10.4. The summed E-state index contributed by atoms with van der Waals surface area (Å²) in [4.78, 5) is 0. The Morgan fingerprint density at radius 1 is 1.35 bits per heavy atom. The van der Waals surface area contributed by atoms with E-state index in [4.69, 9.17) is 17.3 Å². The molecule has 17 heavy (non-hydrogen) atoms. The highest BCUT2D eigenvalue weighted by molar-refractivity contribution is 6.30. The second kappa shape index (κ2) is 4.92. The van der Waals surface area contributed by atoms with Crippen LogP contribution >= 0.6 is 11.6 Å². The van der Waals surface area contributed by atoms with E-state index < -0.39 is 11.4 Å². The van der Waals surface area contributed by atoms with Crippen molar-refractivity contribution in [1.82, 2.24) is 0 Å². The molecule has 2 nitrogen and oxygen atoms in total. The maximum atomic E-state index is 13.0. The lowest BCUT2D eigenvalue weighted by atomic mass is 9.73. The van der Waals surface area contributed by atoms with Crippen molar-refractivity contribution in [3.05, 3.63) is 34.6 Å². The van der Waals surface area contributed by atoms with Gasteiger partial charge in [0.2, 0.25) is 0 Å². The number of hydrogen-bond acceptors (Lipinski definition) is 2. The minimum atomic E-state index is -1.03. The molecule has 0 fully saturated rings. The van der Waals surface area contributed by atoms with Crippen molar-refractivity contribution in [2.45, 2.75) is 32.8 Å². The SMILES string of the molecule is CC(C)(C)C(O)(CN)Cc1ccc(F)c(Cl)c1. The average molecular weight is 260 g/mol. The van der Waals surface area contributed by atoms with Crippen molar-refractivity contribution in [3.8, 4) is 0 Å². The summed E-state index contributed by atoms with van der Waals surface area (Å²) in [5.41, 5.74) is 5.04. The molecule has 1 aromatic rings. The van der Waals surface area contributed by atoms with Gasteiger partial charge in [0.25, 0.3) is 0 Å². The van der Waals surface area contributed by atoms with Crippen LogP contribution in [-0.4, -0.2) is 17.3 Å². The highest BCUT2D eigenvalue weighted by atomic mass is 35.5. The fourth-order valence-corrected chi connectivity index (χ4v) is 1.83. The maximum absolute atomic E-state index is 13.0. The first-order chi connectivity index (χ1) is 7.69. The summed E-state index contributed by atoms with van der Waals surface area (Å²) in [6.45, 7) is 5.91. The van der Waals surface area contributed by atoms with Crippen LogP contribution < -0.4 is 5.73 Å². The molecule has 0 bridgehead atoms. The van der Waals surface area contributed by atoms with E-state index in [0.29, 0.717) is 6.42 Å². The van der Waals surface area contributed by atoms with Gasteiger partial charge in [0, 0.05) is 13.0 Å². The topological polar surface area (TPSA) is 46.2 Å². The molecule has 0 radical (unpaired) electrons. The fourth-order valence-electron chi connectivity index (χ4n) is 1.63. The summed E-state index contributed by atoms with van der Waals surface area (Å²) in [5, 5.41) is 10.6. The lowest BCUT2D eigenvalue weighted by molar-refractivity contribution is -0.0490. The molecule has 1 unspecified atom stereocenters. The van der Waals surface area contributed by atoms with Crippen LogP contribution in [0.1, 0.15) is 26.3 Å². The highest BCUT2D eigenvalue weighted by Crippen LogP contribution is 2.33. The van der Waals surface area contributed by atoms with E-state index in [1.807, 2.05) is 20.8 Å². The molecule has 0 amide bonds. The number of halogens is 2. The molecule has 1 aromatic carbocycles. The minimum Gasteiger partial charge on any atom is -0.388 e. The van der Waals surface area contributed by atoms with E-state index in [9.17, 15) is 9.50 Å². The summed E-state index contributed by atoms with van der Waals surface area (Å²) in [5.74, 6) is -0.456. The summed E-state index contributed by atoms with van der Waals surface area (Å²) < 4.78 is 13.0. The molecule has 3 N–H and O–H groups in total. The third-order valence-corrected chi connectivity index (χ3v) is 3.50. The zero-order chi connectivity index (χ0) is 13.3. The maximum Gasteiger partial charge on any atom is 0.141 e. The molecular weight excluding hydrogens is 241 g/mol. The molecule has 1 atom stereocenters. The van der Waals surface area contributed by atoms with Crippen molar-refractivity contribution in [3.63, 3.8) is 0 Å². The third-order valence-electron chi connectivity index (χ3n) is 3.21. The van der Waals surface area contributed by atoms with Gasteiger partial charge in [0.05, 0.1) is 10.6 Å². The molecule has 0 spiro atoms. The standard InChI is InChI=1S/C13H19ClFNO/c1-12(2,3)13(17,8-16)7-9-4-5-11(15)10(14)6-9/h4-6,17H,7-8,16H2,1-3H3. The Bertz CT molecular complexity index is 403. The van der Waals surface area contributed by atoms with E-state index in [0.717, 1.165) is 5.56 Å². The van der Waals surface area contributed by atoms with E-state index in [1.54, 1.807) is 6.07 Å². The number of aliphatic hydroxyl groups is 1. The van der Waals surface area contributed by atoms with Crippen LogP contribution in [0.4, 0.5) is 4.39 Å². The number of rotatable bonds is 3. The van der Waals surface area contributed by atoms with Crippen LogP contribution in [0.15, 0.2) is 18.2 Å². The molecule has 0 saturated heterocycles. The second-order valence-corrected chi connectivity index (χ2v) is 5.82. The van der Waals surface area contributed by atoms with Crippen molar-refractivity contribution < 1.29 is 9.50 Å². The fraction of sp³-hybridized carbons (Fsp3) is 0.538. The van der Waals surface area contributed by atoms with Gasteiger partial charge in [-0.2, -0.15) is 0 Å². The van der Waals surface area contributed by atoms with Gasteiger partial charge in [0.15, 0.2) is 0 Å². The molecule has 0 aliphatic rings. The van der Waals surface area contributed by atoms with Crippen LogP contribution in [0.3, 0.4) is 0 Å². The van der Waals surface area contributed by atoms with Gasteiger partial charge < -0.3 is 10.8 Å². The van der Waals surface area contributed by atoms with Gasteiger partial charge in [-0.05, 0) is 23.1 Å². The Morgan fingerprint density at radius 3 is 2.35 bits per heavy atom. The van der Waals surface area contributed by atoms with E-state index in [2.05, 4.69) is 0 Å². The molecule has 0 aliphatic heterocycles. The predicted molar refractivity (Wildman–Crippen MR) is 68.6 cm³/mol. The van der Waals surface area contributed by atoms with Gasteiger partial charge in [-0.15, -0.1) is 0 Å². The third kappa shape index (κ3) is 3.18. The first-order valence-electron chi connectivity index (χ1n) is 5.56. The molecular formula is C13H19ClFNO. The summed E-state index contributed by atoms with van der Waals surface area (Å²) in [6, 6.07) is 4.45. The van der Waals surface area contributed by atoms with Crippen molar-refractivity contribution >= 4 is 11.6 Å². The van der Waals surface area contributed by atoms with Gasteiger partial charge in [0.1, 0.15) is 5.82 Å². The van der Waals surface area contributed by atoms with Crippen LogP contribution in [0.2, 0.25) is 5.02 Å². The Kier molecular flexibility index (Phi) is 4.18. The monoisotopic (exact) mass is 259 g/mol. The van der Waals surface area contributed by atoms with Gasteiger partial charge in [-0.25, -0.2) is 4.39 Å². The summed E-state index contributed by atoms with van der Waals surface area (Å²) in [6.07, 6.45) is 0.354. The van der Waals surface area contributed by atoms with Crippen molar-refractivity contribution in [1.29, 1.82) is 0 Å². The molecule has 0 aliphatic carbocycles. The predicted octanol–water partition coefficient (Wildman–Crippen LogP) is 2.76. The molecule has 0 heterocycles. The summed E-state index contributed by atoms with van der Waals surface area (Å²) in [7, 11) is 0. The largest absolute Gasteiger partial charge is 0.388 e. The highest BCUT2D eigenvalue weighted by Gasteiger charge is 2.38. The number of nitrogens with two attached hydrogens (primary N) is 1. The molecule has 1 rings (SSSR count). The average Bonchev–Trinajstić information content (AvgIpc) is 2.22. The molecule has 96 valence electrons. The Morgan fingerprint density at radius 2 is 1.94 bits per heavy atom. The molecule has 0 saturated carbocycles. The van der Waals surface area contributed by atoms with Crippen molar-refractivity contribution in [2.24, 2.45) is 11.1 Å². The molecule has 0 aromatic heterocycles. The van der Waals surface area contributed by atoms with Crippen LogP contribution in [-0.2, 0) is 6.42 Å². The van der Waals surface area contributed by atoms with E-state index in [1.165, 1.54) is 12.1 Å². The Balaban J connectivity index is 2.99. The smallest absolute Gasteiger partial charge is 0.141 e. The van der Waals surface area contributed by atoms with Crippen LogP contribution in [0.5, 0.6) is 0 Å². The summed E-state index contributed by atoms with van der Waals surface area (Å²) >= 11 is 5.71. The number of hydrogen-bond donors (Lipinski definition) is 2. The van der Waals surface area contributed by atoms with Crippen LogP contribution in [0.25, 0.3) is 0 Å². The quantitative estimate of drug-likeness (QED) is 0.877.